The Morgan fingerprint density at radius 2 is 2.27 bits per heavy atom. The van der Waals surface area contributed by atoms with Crippen molar-refractivity contribution in [3.63, 3.8) is 0 Å². The van der Waals surface area contributed by atoms with E-state index < -0.39 is 0 Å². The van der Waals surface area contributed by atoms with Gasteiger partial charge < -0.3 is 4.74 Å². The first-order valence-electron chi connectivity index (χ1n) is 6.74. The lowest BCUT2D eigenvalue weighted by molar-refractivity contribution is 0.0650. The lowest BCUT2D eigenvalue weighted by Crippen LogP contribution is -2.25. The van der Waals surface area contributed by atoms with Gasteiger partial charge in [-0.1, -0.05) is 17.7 Å². The largest absolute Gasteiger partial charge is 0.382 e. The quantitative estimate of drug-likeness (QED) is 0.527. The van der Waals surface area contributed by atoms with Gasteiger partial charge >= 0.3 is 0 Å². The van der Waals surface area contributed by atoms with Crippen LogP contribution in [0.1, 0.15) is 51.4 Å². The normalized spacial score (nSPS) is 28.3. The lowest BCUT2D eigenvalue weighted by atomic mass is 9.98. The molecule has 0 aromatic heterocycles. The number of hydrogen-bond donors (Lipinski definition) is 0. The van der Waals surface area contributed by atoms with E-state index in [0.717, 1.165) is 12.3 Å². The van der Waals surface area contributed by atoms with Crippen LogP contribution in [0.15, 0.2) is 11.6 Å². The minimum atomic E-state index is 0.0575. The Hall–Kier alpha value is -0.0831. The van der Waals surface area contributed by atoms with E-state index in [9.17, 15) is 0 Å². The highest BCUT2D eigenvalue weighted by molar-refractivity contribution is 6.37. The second-order valence-corrected chi connectivity index (χ2v) is 7.18. The Labute approximate surface area is 96.1 Å². The first kappa shape index (κ1) is 11.4. The van der Waals surface area contributed by atoms with E-state index in [0.29, 0.717) is 0 Å². The maximum Gasteiger partial charge on any atom is 0.0558 e. The van der Waals surface area contributed by atoms with E-state index in [4.69, 9.17) is 4.74 Å². The number of ether oxygens (including phenoxy) is 1. The molecular weight excluding hydrogens is 200 g/mol. The van der Waals surface area contributed by atoms with Gasteiger partial charge in [0.05, 0.1) is 9.52 Å². The predicted octanol–water partition coefficient (Wildman–Crippen LogP) is 2.99. The van der Waals surface area contributed by atoms with Gasteiger partial charge in [0.1, 0.15) is 0 Å². The molecule has 1 unspecified atom stereocenters. The second kappa shape index (κ2) is 6.49. The van der Waals surface area contributed by atoms with Crippen molar-refractivity contribution in [2.24, 2.45) is 0 Å². The molecule has 1 aliphatic carbocycles. The average molecular weight is 224 g/mol. The molecule has 1 heterocycles. The fraction of sp³-hybridized carbons (Fsp3) is 0.846. The highest BCUT2D eigenvalue weighted by Crippen LogP contribution is 2.22. The number of hydrogen-bond acceptors (Lipinski definition) is 1. The third-order valence-corrected chi connectivity index (χ3v) is 5.73. The van der Waals surface area contributed by atoms with Crippen molar-refractivity contribution in [3.05, 3.63) is 11.6 Å². The summed E-state index contributed by atoms with van der Waals surface area (Å²) < 4.78 is 5.81. The summed E-state index contributed by atoms with van der Waals surface area (Å²) in [5.74, 6) is 0. The Balaban J connectivity index is 1.59. The monoisotopic (exact) mass is 224 g/mol. The van der Waals surface area contributed by atoms with Crippen LogP contribution in [-0.2, 0) is 4.74 Å². The molecule has 0 saturated carbocycles. The minimum absolute atomic E-state index is 0.0575. The third kappa shape index (κ3) is 4.11. The van der Waals surface area contributed by atoms with Crippen molar-refractivity contribution in [1.82, 2.24) is 0 Å². The minimum Gasteiger partial charge on any atom is -0.382 e. The van der Waals surface area contributed by atoms with Crippen molar-refractivity contribution >= 4 is 9.52 Å². The fourth-order valence-corrected chi connectivity index (χ4v) is 4.75. The van der Waals surface area contributed by atoms with Crippen LogP contribution in [-0.4, -0.2) is 21.9 Å². The molecule has 15 heavy (non-hydrogen) atoms. The highest BCUT2D eigenvalue weighted by Gasteiger charge is 2.14. The highest BCUT2D eigenvalue weighted by atomic mass is 28.2. The molecule has 2 aliphatic rings. The molecule has 2 heteroatoms. The van der Waals surface area contributed by atoms with Crippen molar-refractivity contribution in [2.75, 3.05) is 6.61 Å². The van der Waals surface area contributed by atoms with Crippen LogP contribution in [0.5, 0.6) is 0 Å². The van der Waals surface area contributed by atoms with Gasteiger partial charge in [-0.25, -0.2) is 0 Å². The van der Waals surface area contributed by atoms with Gasteiger partial charge in [0, 0.05) is 12.3 Å². The number of allylic oxidation sites excluding steroid dienone is 2. The molecule has 0 radical (unpaired) electrons. The molecule has 0 N–H and O–H groups in total. The number of rotatable bonds is 4. The molecule has 1 fully saturated rings. The molecule has 0 amide bonds. The third-order valence-electron chi connectivity index (χ3n) is 3.68. The van der Waals surface area contributed by atoms with Gasteiger partial charge in [-0.3, -0.25) is 0 Å². The zero-order valence-electron chi connectivity index (χ0n) is 9.84. The van der Waals surface area contributed by atoms with E-state index >= 15 is 0 Å². The maximum absolute atomic E-state index is 5.81. The summed E-state index contributed by atoms with van der Waals surface area (Å²) in [6.07, 6.45) is 13.6. The van der Waals surface area contributed by atoms with Gasteiger partial charge in [-0.15, -0.1) is 0 Å². The molecular formula is C13H24OSi. The Morgan fingerprint density at radius 3 is 3.00 bits per heavy atom. The summed E-state index contributed by atoms with van der Waals surface area (Å²) in [7, 11) is 0.0575. The van der Waals surface area contributed by atoms with E-state index in [1.54, 1.807) is 5.57 Å². The van der Waals surface area contributed by atoms with E-state index in [1.807, 2.05) is 0 Å². The molecule has 86 valence electrons. The van der Waals surface area contributed by atoms with Crippen LogP contribution in [0.2, 0.25) is 6.04 Å². The summed E-state index contributed by atoms with van der Waals surface area (Å²) in [5.41, 5.74) is 2.48. The summed E-state index contributed by atoms with van der Waals surface area (Å²) in [5, 5.41) is 0. The van der Waals surface area contributed by atoms with Crippen LogP contribution in [0, 0.1) is 0 Å². The summed E-state index contributed by atoms with van der Waals surface area (Å²) in [6, 6.07) is 1.48. The van der Waals surface area contributed by atoms with Crippen molar-refractivity contribution in [1.29, 1.82) is 0 Å². The van der Waals surface area contributed by atoms with E-state index in [-0.39, 0.29) is 9.52 Å². The van der Waals surface area contributed by atoms with Gasteiger partial charge in [0.2, 0.25) is 0 Å². The summed E-state index contributed by atoms with van der Waals surface area (Å²) in [6.45, 7) is 1.04. The average Bonchev–Trinajstić information content (AvgIpc) is 2.32. The van der Waals surface area contributed by atoms with Gasteiger partial charge in [0.25, 0.3) is 0 Å². The molecule has 0 bridgehead atoms. The van der Waals surface area contributed by atoms with Gasteiger partial charge in [0.15, 0.2) is 0 Å². The zero-order chi connectivity index (χ0) is 10.3. The molecule has 1 aliphatic heterocycles. The first-order chi connectivity index (χ1) is 7.45. The zero-order valence-corrected chi connectivity index (χ0v) is 11.3. The maximum atomic E-state index is 5.81. The SMILES string of the molecule is C1=C(CC[SiH2]C2CCCCO2)CCCC1. The van der Waals surface area contributed by atoms with Crippen LogP contribution in [0.25, 0.3) is 0 Å². The molecule has 1 nitrogen and oxygen atoms in total. The summed E-state index contributed by atoms with van der Waals surface area (Å²) >= 11 is 0. The van der Waals surface area contributed by atoms with Crippen molar-refractivity contribution < 1.29 is 4.74 Å². The van der Waals surface area contributed by atoms with Crippen LogP contribution >= 0.6 is 0 Å². The van der Waals surface area contributed by atoms with Crippen molar-refractivity contribution in [2.45, 2.75) is 63.1 Å². The van der Waals surface area contributed by atoms with Gasteiger partial charge in [-0.2, -0.15) is 0 Å². The van der Waals surface area contributed by atoms with Crippen LogP contribution in [0.4, 0.5) is 0 Å². The Kier molecular flexibility index (Phi) is 4.93. The lowest BCUT2D eigenvalue weighted by Gasteiger charge is -2.22. The van der Waals surface area contributed by atoms with Crippen LogP contribution < -0.4 is 0 Å². The molecule has 0 spiro atoms. The summed E-state index contributed by atoms with van der Waals surface area (Å²) in [4.78, 5) is 0. The fourth-order valence-electron chi connectivity index (χ4n) is 2.72. The first-order valence-corrected chi connectivity index (χ1v) is 8.56. The standard InChI is InChI=1S/C13H24OSi/c1-2-6-12(7-3-1)9-11-15-13-8-4-5-10-14-13/h6,13H,1-5,7-11,15H2. The van der Waals surface area contributed by atoms with E-state index in [1.165, 1.54) is 57.4 Å². The Morgan fingerprint density at radius 1 is 1.27 bits per heavy atom. The molecule has 1 saturated heterocycles. The molecule has 0 aromatic carbocycles. The van der Waals surface area contributed by atoms with E-state index in [2.05, 4.69) is 6.08 Å². The van der Waals surface area contributed by atoms with Gasteiger partial charge in [-0.05, 0) is 51.4 Å². The second-order valence-electron chi connectivity index (χ2n) is 4.99. The molecule has 0 aromatic rings. The molecule has 1 atom stereocenters. The molecule has 2 rings (SSSR count). The van der Waals surface area contributed by atoms with Crippen molar-refractivity contribution in [3.8, 4) is 0 Å². The Bertz CT molecular complexity index is 207. The predicted molar refractivity (Wildman–Crippen MR) is 68.1 cm³/mol. The smallest absolute Gasteiger partial charge is 0.0558 e. The topological polar surface area (TPSA) is 9.23 Å². The van der Waals surface area contributed by atoms with Crippen LogP contribution in [0.3, 0.4) is 0 Å².